The highest BCUT2D eigenvalue weighted by Crippen LogP contribution is 2.29. The third-order valence-electron chi connectivity index (χ3n) is 9.17. The summed E-state index contributed by atoms with van der Waals surface area (Å²) in [6.07, 6.45) is -0.718. The van der Waals surface area contributed by atoms with E-state index in [1.165, 1.54) is 31.5 Å². The van der Waals surface area contributed by atoms with E-state index in [9.17, 15) is 34.0 Å². The Hall–Kier alpha value is -6.89. The zero-order valence-electron chi connectivity index (χ0n) is 37.5. The molecule has 0 aliphatic carbocycles. The topological polar surface area (TPSA) is 231 Å². The van der Waals surface area contributed by atoms with Gasteiger partial charge in [0.05, 0.1) is 24.4 Å². The summed E-state index contributed by atoms with van der Waals surface area (Å²) < 4.78 is 28.7. The summed E-state index contributed by atoms with van der Waals surface area (Å²) in [5, 5.41) is 21.4. The zero-order chi connectivity index (χ0) is 47.5. The number of anilines is 1. The lowest BCUT2D eigenvalue weighted by Gasteiger charge is -2.35. The van der Waals surface area contributed by atoms with Crippen LogP contribution >= 0.6 is 11.3 Å². The number of pyridine rings is 1. The van der Waals surface area contributed by atoms with Gasteiger partial charge in [-0.2, -0.15) is 0 Å². The van der Waals surface area contributed by atoms with Crippen LogP contribution in [0.5, 0.6) is 11.5 Å². The minimum Gasteiger partial charge on any atom is -0.484 e. The van der Waals surface area contributed by atoms with E-state index in [1.54, 1.807) is 41.5 Å². The summed E-state index contributed by atoms with van der Waals surface area (Å²) in [6, 6.07) is 19.3. The highest BCUT2D eigenvalue weighted by atomic mass is 32.1. The third kappa shape index (κ3) is 14.8. The molecule has 1 saturated heterocycles. The molecule has 3 N–H and O–H groups in total. The van der Waals surface area contributed by atoms with Gasteiger partial charge in [0.15, 0.2) is 22.4 Å². The molecule has 3 heterocycles. The largest absolute Gasteiger partial charge is 0.484 e. The van der Waals surface area contributed by atoms with Crippen molar-refractivity contribution < 1.29 is 67.2 Å². The molecule has 5 rings (SSSR count). The van der Waals surface area contributed by atoms with Crippen molar-refractivity contribution in [3.8, 4) is 11.5 Å². The SMILES string of the molecule is CC(C)(C)OC(=O)Nc1nc(/C(=N/OC(C)(C)C(=O)OC(C)(C)C)C(=O)C[C@@H]2C(=O)N[C@@H]2COC(=O)CCC(=O)c2cc(OCc3ccccc3)c(OCc3ccccc3)c[n+]2O)cs1. The molecule has 65 heavy (non-hydrogen) atoms. The lowest BCUT2D eigenvalue weighted by Crippen LogP contribution is -2.61. The molecule has 0 saturated carbocycles. The van der Waals surface area contributed by atoms with Crippen LogP contribution in [0.2, 0.25) is 0 Å². The summed E-state index contributed by atoms with van der Waals surface area (Å²) in [4.78, 5) is 88.1. The molecule has 0 bridgehead atoms. The van der Waals surface area contributed by atoms with Crippen molar-refractivity contribution in [3.05, 3.63) is 101 Å². The van der Waals surface area contributed by atoms with Gasteiger partial charge < -0.3 is 33.8 Å². The van der Waals surface area contributed by atoms with Crippen LogP contribution < -0.4 is 24.8 Å². The van der Waals surface area contributed by atoms with Crippen LogP contribution in [0.3, 0.4) is 0 Å². The normalized spacial score (nSPS) is 15.1. The molecular formula is C46H54N5O13S+. The molecule has 0 spiro atoms. The van der Waals surface area contributed by atoms with E-state index in [0.29, 0.717) is 4.73 Å². The van der Waals surface area contributed by atoms with Crippen molar-refractivity contribution in [1.29, 1.82) is 0 Å². The fraction of sp³-hybridized carbons (Fsp3) is 0.413. The lowest BCUT2D eigenvalue weighted by molar-refractivity contribution is -0.906. The molecule has 346 valence electrons. The average Bonchev–Trinajstić information content (AvgIpc) is 3.69. The van der Waals surface area contributed by atoms with E-state index in [1.807, 2.05) is 60.7 Å². The predicted molar refractivity (Wildman–Crippen MR) is 234 cm³/mol. The van der Waals surface area contributed by atoms with Gasteiger partial charge in [-0.15, -0.1) is 11.3 Å². The maximum atomic E-state index is 13.9. The Bertz CT molecular complexity index is 2390. The summed E-state index contributed by atoms with van der Waals surface area (Å²) in [5.41, 5.74) is -2.11. The predicted octanol–water partition coefficient (Wildman–Crippen LogP) is 6.29. The Labute approximate surface area is 380 Å². The molecule has 0 radical (unpaired) electrons. The molecule has 0 unspecified atom stereocenters. The number of benzene rings is 2. The van der Waals surface area contributed by atoms with Crippen LogP contribution in [0.15, 0.2) is 83.5 Å². The Morgan fingerprint density at radius 3 is 2.03 bits per heavy atom. The number of ketones is 2. The number of carbonyl (C=O) groups excluding carboxylic acids is 6. The van der Waals surface area contributed by atoms with E-state index in [0.717, 1.165) is 22.5 Å². The molecule has 2 amide bonds. The fourth-order valence-corrected chi connectivity index (χ4v) is 6.52. The van der Waals surface area contributed by atoms with Gasteiger partial charge >= 0.3 is 23.7 Å². The molecule has 1 aliphatic rings. The number of oxime groups is 1. The Kier molecular flexibility index (Phi) is 16.0. The first kappa shape index (κ1) is 49.1. The maximum absolute atomic E-state index is 13.9. The summed E-state index contributed by atoms with van der Waals surface area (Å²) >= 11 is 0.966. The van der Waals surface area contributed by atoms with Crippen LogP contribution in [-0.4, -0.2) is 80.9 Å². The van der Waals surface area contributed by atoms with Crippen molar-refractivity contribution in [1.82, 2.24) is 10.3 Å². The van der Waals surface area contributed by atoms with E-state index < -0.39 is 70.7 Å². The number of hydrogen-bond acceptors (Lipinski definition) is 16. The number of β-lactam (4-membered cyclic amide) rings is 1. The minimum atomic E-state index is -1.66. The van der Waals surface area contributed by atoms with Crippen LogP contribution in [0.25, 0.3) is 0 Å². The van der Waals surface area contributed by atoms with Gasteiger partial charge in [0, 0.05) is 23.0 Å². The quantitative estimate of drug-likeness (QED) is 0.0129. The number of rotatable bonds is 20. The van der Waals surface area contributed by atoms with Crippen molar-refractivity contribution in [2.45, 2.75) is 111 Å². The monoisotopic (exact) mass is 916 g/mol. The summed E-state index contributed by atoms with van der Waals surface area (Å²) in [7, 11) is 0. The third-order valence-corrected chi connectivity index (χ3v) is 9.92. The second kappa shape index (κ2) is 21.2. The molecule has 4 aromatic rings. The molecular weight excluding hydrogens is 863 g/mol. The first-order valence-electron chi connectivity index (χ1n) is 20.7. The second-order valence-corrected chi connectivity index (χ2v) is 18.3. The number of ether oxygens (including phenoxy) is 5. The van der Waals surface area contributed by atoms with Crippen LogP contribution in [0.1, 0.15) is 102 Å². The zero-order valence-corrected chi connectivity index (χ0v) is 38.3. The number of nitrogens with one attached hydrogen (secondary N) is 2. The number of amides is 2. The van der Waals surface area contributed by atoms with Crippen molar-refractivity contribution in [2.24, 2.45) is 11.1 Å². The summed E-state index contributed by atoms with van der Waals surface area (Å²) in [5.74, 6) is -3.93. The molecule has 1 fully saturated rings. The standard InChI is InChI=1S/C46H53N5O13S/c1-44(2,3)62-41(56)46(7,8)64-50-39(32-27-65-42(48-32)49-43(57)63-45(4,5)6)35(53)21-30-31(47-40(30)55)26-61-38(54)20-19-34(52)33-22-36(59-24-28-15-11-9-12-16-28)37(23-51(33)58)60-25-29-17-13-10-14-18-29/h9-18,22-23,27,30-31H,19-21,24-26H2,1-8H3,(H2-,47,48,49,52,55,57,58)/p+1/b50-39-/t30-,31+/m0/s1. The molecule has 19 heteroatoms. The van der Waals surface area contributed by atoms with Gasteiger partial charge in [-0.1, -0.05) is 65.8 Å². The van der Waals surface area contributed by atoms with E-state index in [-0.39, 0.29) is 66.4 Å². The number of Topliss-reactive ketones (excluding diaryl/α,β-unsaturated/α-hetero) is 2. The fourth-order valence-electron chi connectivity index (χ4n) is 5.84. The molecule has 2 aromatic carbocycles. The Morgan fingerprint density at radius 2 is 1.45 bits per heavy atom. The Balaban J connectivity index is 1.22. The van der Waals surface area contributed by atoms with Crippen molar-refractivity contribution in [3.63, 3.8) is 0 Å². The number of thiazole rings is 1. The summed E-state index contributed by atoms with van der Waals surface area (Å²) in [6.45, 7) is 12.9. The Morgan fingerprint density at radius 1 is 0.846 bits per heavy atom. The van der Waals surface area contributed by atoms with E-state index in [2.05, 4.69) is 20.8 Å². The van der Waals surface area contributed by atoms with Crippen LogP contribution in [0.4, 0.5) is 9.93 Å². The highest BCUT2D eigenvalue weighted by molar-refractivity contribution is 7.14. The van der Waals surface area contributed by atoms with Gasteiger partial charge in [-0.3, -0.25) is 29.7 Å². The number of esters is 2. The lowest BCUT2D eigenvalue weighted by atomic mass is 9.85. The van der Waals surface area contributed by atoms with Crippen molar-refractivity contribution >= 4 is 57.7 Å². The second-order valence-electron chi connectivity index (χ2n) is 17.4. The number of carbonyl (C=O) groups is 6. The molecule has 2 atom stereocenters. The number of hydrogen-bond donors (Lipinski definition) is 3. The van der Waals surface area contributed by atoms with Crippen molar-refractivity contribution in [2.75, 3.05) is 11.9 Å². The maximum Gasteiger partial charge on any atom is 0.413 e. The van der Waals surface area contributed by atoms with Gasteiger partial charge in [-0.25, -0.2) is 14.6 Å². The number of nitrogens with zero attached hydrogens (tertiary/aromatic N) is 3. The van der Waals surface area contributed by atoms with Crippen LogP contribution in [0, 0.1) is 5.92 Å². The van der Waals surface area contributed by atoms with Gasteiger partial charge in [0.2, 0.25) is 23.0 Å². The smallest absolute Gasteiger partial charge is 0.413 e. The van der Waals surface area contributed by atoms with Crippen LogP contribution in [-0.2, 0) is 51.4 Å². The molecule has 1 aliphatic heterocycles. The molecule has 18 nitrogen and oxygen atoms in total. The van der Waals surface area contributed by atoms with Gasteiger partial charge in [0.25, 0.3) is 6.20 Å². The first-order chi connectivity index (χ1) is 30.6. The highest BCUT2D eigenvalue weighted by Gasteiger charge is 2.43. The van der Waals surface area contributed by atoms with Gasteiger partial charge in [-0.05, 0) is 66.5 Å². The molecule has 2 aromatic heterocycles. The minimum absolute atomic E-state index is 0.0214. The first-order valence-corrected chi connectivity index (χ1v) is 21.5. The van der Waals surface area contributed by atoms with Gasteiger partial charge in [0.1, 0.15) is 36.7 Å². The van der Waals surface area contributed by atoms with E-state index >= 15 is 0 Å². The number of aromatic nitrogens is 2. The van der Waals surface area contributed by atoms with E-state index in [4.69, 9.17) is 28.5 Å². The average molecular weight is 917 g/mol.